The highest BCUT2D eigenvalue weighted by Gasteiger charge is 2.31. The largest absolute Gasteiger partial charge is 0.486 e. The minimum absolute atomic E-state index is 0.247. The summed E-state index contributed by atoms with van der Waals surface area (Å²) in [6.07, 6.45) is 3.20. The molecule has 0 N–H and O–H groups in total. The predicted octanol–water partition coefficient (Wildman–Crippen LogP) is 3.24. The molecule has 3 aliphatic rings. The number of benzene rings is 1. The molecule has 1 fully saturated rings. The Morgan fingerprint density at radius 3 is 2.96 bits per heavy atom. The molecule has 2 aromatic rings. The second-order valence-corrected chi connectivity index (χ2v) is 8.47. The lowest BCUT2D eigenvalue weighted by molar-refractivity contribution is -0.133. The predicted molar refractivity (Wildman–Crippen MR) is 104 cm³/mol. The van der Waals surface area contributed by atoms with Crippen molar-refractivity contribution < 1.29 is 14.3 Å². The summed E-state index contributed by atoms with van der Waals surface area (Å²) in [6, 6.07) is 8.67. The van der Waals surface area contributed by atoms with Crippen molar-refractivity contribution >= 4 is 17.2 Å². The number of carbonyl (C=O) groups is 1. The molecule has 0 bridgehead atoms. The first-order valence-electron chi connectivity index (χ1n) is 9.74. The average Bonchev–Trinajstić information content (AvgIpc) is 3.36. The molecule has 0 spiro atoms. The smallest absolute Gasteiger partial charge is 0.237 e. The Balaban J connectivity index is 1.28. The summed E-state index contributed by atoms with van der Waals surface area (Å²) in [7, 11) is 0. The van der Waals surface area contributed by atoms with Gasteiger partial charge in [0.15, 0.2) is 11.5 Å². The number of amides is 1. The van der Waals surface area contributed by atoms with Crippen LogP contribution in [0.1, 0.15) is 34.9 Å². The van der Waals surface area contributed by atoms with Gasteiger partial charge in [0, 0.05) is 24.0 Å². The highest BCUT2D eigenvalue weighted by Crippen LogP contribution is 2.38. The minimum Gasteiger partial charge on any atom is -0.486 e. The van der Waals surface area contributed by atoms with Crippen LogP contribution in [0.3, 0.4) is 0 Å². The maximum Gasteiger partial charge on any atom is 0.237 e. The fraction of sp³-hybridized carbons (Fsp3) is 0.476. The lowest BCUT2D eigenvalue weighted by Crippen LogP contribution is -2.42. The molecule has 1 saturated heterocycles. The summed E-state index contributed by atoms with van der Waals surface area (Å²) in [4.78, 5) is 18.7. The first-order chi connectivity index (χ1) is 13.3. The average molecular weight is 385 g/mol. The lowest BCUT2D eigenvalue weighted by Gasteiger charge is -2.31. The molecule has 0 unspecified atom stereocenters. The highest BCUT2D eigenvalue weighted by molar-refractivity contribution is 7.10. The van der Waals surface area contributed by atoms with E-state index in [4.69, 9.17) is 9.47 Å². The third-order valence-electron chi connectivity index (χ3n) is 5.81. The van der Waals surface area contributed by atoms with Gasteiger partial charge in [-0.1, -0.05) is 6.07 Å². The summed E-state index contributed by atoms with van der Waals surface area (Å²) in [5, 5.41) is 2.14. The second-order valence-electron chi connectivity index (χ2n) is 7.47. The standard InChI is InChI=1S/C21H24N2O3S/c24-21(23-8-5-20-16(13-23)6-11-27-20)14-22-7-1-2-17(22)15-3-4-18-19(12-15)26-10-9-25-18/h3-4,6,11-12,17H,1-2,5,7-10,13-14H2/t17-/m1/s1. The van der Waals surface area contributed by atoms with E-state index < -0.39 is 0 Å². The van der Waals surface area contributed by atoms with E-state index in [-0.39, 0.29) is 11.9 Å². The Bertz CT molecular complexity index is 850. The Morgan fingerprint density at radius 1 is 1.15 bits per heavy atom. The van der Waals surface area contributed by atoms with Crippen LogP contribution in [0.2, 0.25) is 0 Å². The van der Waals surface area contributed by atoms with Crippen molar-refractivity contribution in [3.05, 3.63) is 45.6 Å². The summed E-state index contributed by atoms with van der Waals surface area (Å²) in [6.45, 7) is 4.29. The number of ether oxygens (including phenoxy) is 2. The molecule has 0 aliphatic carbocycles. The molecular weight excluding hydrogens is 360 g/mol. The molecule has 1 atom stereocenters. The SMILES string of the molecule is O=C(CN1CCC[C@@H]1c1ccc2c(c1)OCCO2)N1CCc2sccc2C1. The molecule has 0 saturated carbocycles. The van der Waals surface area contributed by atoms with E-state index in [1.54, 1.807) is 0 Å². The fourth-order valence-corrected chi connectivity index (χ4v) is 5.28. The van der Waals surface area contributed by atoms with Gasteiger partial charge >= 0.3 is 0 Å². The molecule has 5 nitrogen and oxygen atoms in total. The zero-order valence-corrected chi connectivity index (χ0v) is 16.2. The van der Waals surface area contributed by atoms with Gasteiger partial charge in [-0.2, -0.15) is 0 Å². The Hall–Kier alpha value is -2.05. The van der Waals surface area contributed by atoms with Crippen LogP contribution in [0.5, 0.6) is 11.5 Å². The number of rotatable bonds is 3. The van der Waals surface area contributed by atoms with Gasteiger partial charge in [-0.15, -0.1) is 11.3 Å². The maximum atomic E-state index is 12.9. The lowest BCUT2D eigenvalue weighted by atomic mass is 10.0. The van der Waals surface area contributed by atoms with Crippen molar-refractivity contribution in [2.24, 2.45) is 0 Å². The third kappa shape index (κ3) is 3.32. The summed E-state index contributed by atoms with van der Waals surface area (Å²) in [5.41, 5.74) is 2.55. The van der Waals surface area contributed by atoms with Crippen molar-refractivity contribution in [1.29, 1.82) is 0 Å². The van der Waals surface area contributed by atoms with Gasteiger partial charge in [-0.25, -0.2) is 0 Å². The molecule has 142 valence electrons. The summed E-state index contributed by atoms with van der Waals surface area (Å²) >= 11 is 1.81. The van der Waals surface area contributed by atoms with Gasteiger partial charge in [-0.3, -0.25) is 9.69 Å². The molecule has 5 rings (SSSR count). The molecule has 1 aromatic carbocycles. The summed E-state index contributed by atoms with van der Waals surface area (Å²) in [5.74, 6) is 1.90. The van der Waals surface area contributed by atoms with Crippen LogP contribution < -0.4 is 9.47 Å². The van der Waals surface area contributed by atoms with Crippen molar-refractivity contribution in [1.82, 2.24) is 9.80 Å². The first-order valence-corrected chi connectivity index (χ1v) is 10.6. The van der Waals surface area contributed by atoms with Crippen molar-refractivity contribution in [2.75, 3.05) is 32.8 Å². The molecule has 0 radical (unpaired) electrons. The Labute approximate surface area is 163 Å². The van der Waals surface area contributed by atoms with E-state index in [2.05, 4.69) is 28.5 Å². The van der Waals surface area contributed by atoms with Crippen LogP contribution >= 0.6 is 11.3 Å². The van der Waals surface area contributed by atoms with Gasteiger partial charge in [0.05, 0.1) is 6.54 Å². The van der Waals surface area contributed by atoms with Crippen LogP contribution in [0, 0.1) is 0 Å². The third-order valence-corrected chi connectivity index (χ3v) is 6.84. The number of nitrogens with zero attached hydrogens (tertiary/aromatic N) is 2. The number of likely N-dealkylation sites (tertiary alicyclic amines) is 1. The summed E-state index contributed by atoms with van der Waals surface area (Å²) < 4.78 is 11.4. The molecule has 3 aliphatic heterocycles. The monoisotopic (exact) mass is 384 g/mol. The number of thiophene rings is 1. The van der Waals surface area contributed by atoms with Crippen molar-refractivity contribution in [3.8, 4) is 11.5 Å². The van der Waals surface area contributed by atoms with Gasteiger partial charge < -0.3 is 14.4 Å². The Kier molecular flexibility index (Phi) is 4.53. The molecular formula is C21H24N2O3S. The van der Waals surface area contributed by atoms with Crippen molar-refractivity contribution in [2.45, 2.75) is 31.8 Å². The first kappa shape index (κ1) is 17.1. The van der Waals surface area contributed by atoms with Gasteiger partial charge in [0.25, 0.3) is 0 Å². The number of fused-ring (bicyclic) bond motifs is 2. The molecule has 6 heteroatoms. The molecule has 1 amide bonds. The van der Waals surface area contributed by atoms with Crippen LogP contribution in [0.15, 0.2) is 29.6 Å². The van der Waals surface area contributed by atoms with Gasteiger partial charge in [0.1, 0.15) is 13.2 Å². The van der Waals surface area contributed by atoms with Crippen LogP contribution in [-0.4, -0.2) is 48.6 Å². The van der Waals surface area contributed by atoms with Crippen LogP contribution in [-0.2, 0) is 17.8 Å². The van der Waals surface area contributed by atoms with Crippen LogP contribution in [0.25, 0.3) is 0 Å². The maximum absolute atomic E-state index is 12.9. The zero-order chi connectivity index (χ0) is 18.2. The van der Waals surface area contributed by atoms with Gasteiger partial charge in [0.2, 0.25) is 5.91 Å². The topological polar surface area (TPSA) is 42.0 Å². The Morgan fingerprint density at radius 2 is 2.04 bits per heavy atom. The van der Waals surface area contributed by atoms with Crippen LogP contribution in [0.4, 0.5) is 0 Å². The van der Waals surface area contributed by atoms with E-state index in [9.17, 15) is 4.79 Å². The van der Waals surface area contributed by atoms with E-state index >= 15 is 0 Å². The number of hydrogen-bond donors (Lipinski definition) is 0. The van der Waals surface area contributed by atoms with Gasteiger partial charge in [-0.05, 0) is 60.5 Å². The molecule has 4 heterocycles. The fourth-order valence-electron chi connectivity index (χ4n) is 4.40. The highest BCUT2D eigenvalue weighted by atomic mass is 32.1. The second kappa shape index (κ2) is 7.17. The number of hydrogen-bond acceptors (Lipinski definition) is 5. The molecule has 27 heavy (non-hydrogen) atoms. The van der Waals surface area contributed by atoms with E-state index in [1.807, 2.05) is 22.3 Å². The zero-order valence-electron chi connectivity index (χ0n) is 15.4. The van der Waals surface area contributed by atoms with E-state index in [0.29, 0.717) is 19.8 Å². The minimum atomic E-state index is 0.247. The van der Waals surface area contributed by atoms with E-state index in [1.165, 1.54) is 16.0 Å². The van der Waals surface area contributed by atoms with Crippen molar-refractivity contribution in [3.63, 3.8) is 0 Å². The number of carbonyl (C=O) groups excluding carboxylic acids is 1. The van der Waals surface area contributed by atoms with E-state index in [0.717, 1.165) is 50.4 Å². The molecule has 1 aromatic heterocycles. The quantitative estimate of drug-likeness (QED) is 0.815. The normalized spacial score (nSPS) is 21.9.